The van der Waals surface area contributed by atoms with Gasteiger partial charge < -0.3 is 5.73 Å². The summed E-state index contributed by atoms with van der Waals surface area (Å²) in [6.07, 6.45) is 3.50. The van der Waals surface area contributed by atoms with Crippen LogP contribution in [0, 0.1) is 0 Å². The van der Waals surface area contributed by atoms with Crippen molar-refractivity contribution < 1.29 is 0 Å². The molecule has 3 rings (SSSR count). The van der Waals surface area contributed by atoms with Gasteiger partial charge in [-0.25, -0.2) is 15.0 Å². The first kappa shape index (κ1) is 9.23. The monoisotopic (exact) mass is 228 g/mol. The Morgan fingerprint density at radius 2 is 2.06 bits per heavy atom. The summed E-state index contributed by atoms with van der Waals surface area (Å²) < 4.78 is 0. The van der Waals surface area contributed by atoms with Gasteiger partial charge in [0.15, 0.2) is 0 Å². The van der Waals surface area contributed by atoms with Crippen molar-refractivity contribution in [1.29, 1.82) is 0 Å². The molecule has 0 aliphatic heterocycles. The maximum Gasteiger partial charge on any atom is 0.143 e. The molecule has 3 heterocycles. The van der Waals surface area contributed by atoms with Crippen molar-refractivity contribution in [1.82, 2.24) is 15.0 Å². The van der Waals surface area contributed by atoms with Crippen LogP contribution in [0.2, 0.25) is 0 Å². The largest absolute Gasteiger partial charge is 0.384 e. The number of thiazole rings is 1. The zero-order chi connectivity index (χ0) is 11.0. The predicted molar refractivity (Wildman–Crippen MR) is 65.1 cm³/mol. The van der Waals surface area contributed by atoms with Gasteiger partial charge in [-0.05, 0) is 24.3 Å². The Morgan fingerprint density at radius 1 is 1.12 bits per heavy atom. The van der Waals surface area contributed by atoms with Crippen LogP contribution in [0.25, 0.3) is 20.9 Å². The van der Waals surface area contributed by atoms with E-state index in [9.17, 15) is 0 Å². The van der Waals surface area contributed by atoms with Crippen molar-refractivity contribution in [3.05, 3.63) is 36.7 Å². The number of hydrogen-bond donors (Lipinski definition) is 1. The third kappa shape index (κ3) is 1.51. The van der Waals surface area contributed by atoms with Crippen LogP contribution >= 0.6 is 11.3 Å². The first-order chi connectivity index (χ1) is 7.83. The molecule has 0 aromatic carbocycles. The molecule has 2 N–H and O–H groups in total. The minimum absolute atomic E-state index is 0.517. The lowest BCUT2D eigenvalue weighted by molar-refractivity contribution is 1.33. The van der Waals surface area contributed by atoms with Crippen molar-refractivity contribution in [3.63, 3.8) is 0 Å². The zero-order valence-electron chi connectivity index (χ0n) is 8.29. The summed E-state index contributed by atoms with van der Waals surface area (Å²) in [5.41, 5.74) is 7.43. The highest BCUT2D eigenvalue weighted by atomic mass is 32.1. The van der Waals surface area contributed by atoms with Crippen molar-refractivity contribution >= 4 is 27.5 Å². The summed E-state index contributed by atoms with van der Waals surface area (Å²) in [4.78, 5) is 13.7. The molecule has 0 unspecified atom stereocenters. The Hall–Kier alpha value is -2.01. The summed E-state index contributed by atoms with van der Waals surface area (Å²) in [6.45, 7) is 0. The number of nitrogens with zero attached hydrogens (tertiary/aromatic N) is 3. The predicted octanol–water partition coefficient (Wildman–Crippen LogP) is 2.34. The van der Waals surface area contributed by atoms with Gasteiger partial charge in [0.05, 0.1) is 0 Å². The SMILES string of the molecule is Nc1ccc(-c2nc3cccnc3s2)cn1. The van der Waals surface area contributed by atoms with Crippen LogP contribution in [0.1, 0.15) is 0 Å². The maximum atomic E-state index is 5.54. The fraction of sp³-hybridized carbons (Fsp3) is 0. The molecule has 0 bridgehead atoms. The normalized spacial score (nSPS) is 10.8. The lowest BCUT2D eigenvalue weighted by Crippen LogP contribution is -1.88. The zero-order valence-corrected chi connectivity index (χ0v) is 9.11. The molecule has 16 heavy (non-hydrogen) atoms. The van der Waals surface area contributed by atoms with E-state index >= 15 is 0 Å². The average Bonchev–Trinajstić information content (AvgIpc) is 2.73. The van der Waals surface area contributed by atoms with Gasteiger partial charge in [-0.3, -0.25) is 0 Å². The van der Waals surface area contributed by atoms with Gasteiger partial charge in [-0.2, -0.15) is 0 Å². The Balaban J connectivity index is 2.15. The van der Waals surface area contributed by atoms with Gasteiger partial charge in [-0.1, -0.05) is 11.3 Å². The molecule has 78 valence electrons. The minimum Gasteiger partial charge on any atom is -0.384 e. The molecule has 0 radical (unpaired) electrons. The third-order valence-electron chi connectivity index (χ3n) is 2.20. The molecule has 0 aliphatic rings. The summed E-state index contributed by atoms with van der Waals surface area (Å²) in [5.74, 6) is 0.517. The molecule has 3 aromatic heterocycles. The lowest BCUT2D eigenvalue weighted by Gasteiger charge is -1.94. The molecule has 0 saturated heterocycles. The van der Waals surface area contributed by atoms with Crippen LogP contribution in [0.15, 0.2) is 36.7 Å². The van der Waals surface area contributed by atoms with Gasteiger partial charge in [0.2, 0.25) is 0 Å². The molecule has 0 saturated carbocycles. The van der Waals surface area contributed by atoms with Crippen molar-refractivity contribution in [2.45, 2.75) is 0 Å². The second kappa shape index (κ2) is 3.53. The number of anilines is 1. The molecular weight excluding hydrogens is 220 g/mol. The number of nitrogens with two attached hydrogens (primary N) is 1. The van der Waals surface area contributed by atoms with Crippen LogP contribution in [0.5, 0.6) is 0 Å². The fourth-order valence-corrected chi connectivity index (χ4v) is 2.32. The van der Waals surface area contributed by atoms with Crippen LogP contribution in [-0.4, -0.2) is 15.0 Å². The second-order valence-corrected chi connectivity index (χ2v) is 4.30. The van der Waals surface area contributed by atoms with Gasteiger partial charge in [0.1, 0.15) is 21.2 Å². The van der Waals surface area contributed by atoms with E-state index in [1.54, 1.807) is 29.8 Å². The highest BCUT2D eigenvalue weighted by molar-refractivity contribution is 7.21. The van der Waals surface area contributed by atoms with E-state index in [1.165, 1.54) is 0 Å². The molecule has 0 fully saturated rings. The number of rotatable bonds is 1. The molecule has 5 heteroatoms. The molecule has 0 spiro atoms. The lowest BCUT2D eigenvalue weighted by atomic mass is 10.3. The molecule has 3 aromatic rings. The van der Waals surface area contributed by atoms with Crippen LogP contribution in [0.3, 0.4) is 0 Å². The van der Waals surface area contributed by atoms with Crippen LogP contribution < -0.4 is 5.73 Å². The summed E-state index contributed by atoms with van der Waals surface area (Å²) in [5, 5.41) is 0.918. The Morgan fingerprint density at radius 3 is 2.81 bits per heavy atom. The van der Waals surface area contributed by atoms with Gasteiger partial charge in [0, 0.05) is 18.0 Å². The summed E-state index contributed by atoms with van der Waals surface area (Å²) >= 11 is 1.55. The first-order valence-electron chi connectivity index (χ1n) is 4.76. The maximum absolute atomic E-state index is 5.54. The molecule has 0 amide bonds. The van der Waals surface area contributed by atoms with Gasteiger partial charge in [-0.15, -0.1) is 0 Å². The summed E-state index contributed by atoms with van der Waals surface area (Å²) in [7, 11) is 0. The topological polar surface area (TPSA) is 64.7 Å². The number of nitrogen functional groups attached to an aromatic ring is 1. The number of pyridine rings is 2. The quantitative estimate of drug-likeness (QED) is 0.694. The number of aromatic nitrogens is 3. The van der Waals surface area contributed by atoms with E-state index in [0.717, 1.165) is 20.9 Å². The van der Waals surface area contributed by atoms with E-state index < -0.39 is 0 Å². The van der Waals surface area contributed by atoms with Crippen molar-refractivity contribution in [3.8, 4) is 10.6 Å². The number of hydrogen-bond acceptors (Lipinski definition) is 5. The standard InChI is InChI=1S/C11H8N4S/c12-9-4-3-7(6-14-9)10-15-8-2-1-5-13-11(8)16-10/h1-6H,(H2,12,14). The summed E-state index contributed by atoms with van der Waals surface area (Å²) in [6, 6.07) is 7.52. The molecule has 0 aliphatic carbocycles. The van der Waals surface area contributed by atoms with Crippen LogP contribution in [-0.2, 0) is 0 Å². The Bertz CT molecular complexity index is 597. The smallest absolute Gasteiger partial charge is 0.143 e. The Kier molecular flexibility index (Phi) is 2.04. The third-order valence-corrected chi connectivity index (χ3v) is 3.23. The van der Waals surface area contributed by atoms with Gasteiger partial charge in [0.25, 0.3) is 0 Å². The minimum atomic E-state index is 0.517. The van der Waals surface area contributed by atoms with Gasteiger partial charge >= 0.3 is 0 Å². The highest BCUT2D eigenvalue weighted by Gasteiger charge is 2.06. The Labute approximate surface area is 95.8 Å². The van der Waals surface area contributed by atoms with E-state index in [1.807, 2.05) is 18.2 Å². The van der Waals surface area contributed by atoms with Crippen molar-refractivity contribution in [2.24, 2.45) is 0 Å². The van der Waals surface area contributed by atoms with Crippen molar-refractivity contribution in [2.75, 3.05) is 5.73 Å². The van der Waals surface area contributed by atoms with E-state index in [-0.39, 0.29) is 0 Å². The van der Waals surface area contributed by atoms with Crippen LogP contribution in [0.4, 0.5) is 5.82 Å². The number of fused-ring (bicyclic) bond motifs is 1. The fourth-order valence-electron chi connectivity index (χ4n) is 1.43. The van der Waals surface area contributed by atoms with E-state index in [4.69, 9.17) is 5.73 Å². The first-order valence-corrected chi connectivity index (χ1v) is 5.58. The van der Waals surface area contributed by atoms with E-state index in [2.05, 4.69) is 15.0 Å². The van der Waals surface area contributed by atoms with E-state index in [0.29, 0.717) is 5.82 Å². The molecular formula is C11H8N4S. The second-order valence-electron chi connectivity index (χ2n) is 3.32. The molecule has 4 nitrogen and oxygen atoms in total. The molecule has 0 atom stereocenters. The highest BCUT2D eigenvalue weighted by Crippen LogP contribution is 2.28. The average molecular weight is 228 g/mol.